The zero-order chi connectivity index (χ0) is 10.3. The van der Waals surface area contributed by atoms with Crippen molar-refractivity contribution in [1.29, 1.82) is 0 Å². The maximum atomic E-state index is 11.0. The third kappa shape index (κ3) is 6.06. The van der Waals surface area contributed by atoms with Crippen molar-refractivity contribution in [1.82, 2.24) is 5.32 Å². The topological polar surface area (TPSA) is 118 Å². The van der Waals surface area contributed by atoms with Crippen LogP contribution in [0.5, 0.6) is 0 Å². The van der Waals surface area contributed by atoms with E-state index in [1.165, 1.54) is 0 Å². The highest BCUT2D eigenvalue weighted by Crippen LogP contribution is 1.86. The van der Waals surface area contributed by atoms with Crippen LogP contribution in [-0.4, -0.2) is 36.1 Å². The molecule has 1 atom stereocenters. The fourth-order valence-electron chi connectivity index (χ4n) is 0.689. The lowest BCUT2D eigenvalue weighted by Crippen LogP contribution is -2.45. The predicted octanol–water partition coefficient (Wildman–Crippen LogP) is -1.75. The first-order chi connectivity index (χ1) is 6.07. The van der Waals surface area contributed by atoms with E-state index in [0.29, 0.717) is 13.0 Å². The molecule has 0 aliphatic rings. The van der Waals surface area contributed by atoms with Crippen LogP contribution < -0.4 is 16.8 Å². The molecule has 0 aromatic carbocycles. The number of nitrogens with two attached hydrogens (primary N) is 2. The van der Waals surface area contributed by atoms with E-state index in [1.807, 2.05) is 0 Å². The minimum absolute atomic E-state index is 0.0398. The highest BCUT2D eigenvalue weighted by molar-refractivity contribution is 5.81. The molecule has 6 nitrogen and oxygen atoms in total. The fraction of sp³-hybridized carbons (Fsp3) is 0.714. The van der Waals surface area contributed by atoms with Gasteiger partial charge in [0.05, 0.1) is 6.04 Å². The predicted molar refractivity (Wildman–Crippen MR) is 46.9 cm³/mol. The summed E-state index contributed by atoms with van der Waals surface area (Å²) in [5, 5.41) is 10.8. The molecule has 0 aromatic heterocycles. The second kappa shape index (κ2) is 6.38. The summed E-state index contributed by atoms with van der Waals surface area (Å²) in [5.41, 5.74) is 10.5. The minimum atomic E-state index is -0.877. The van der Waals surface area contributed by atoms with Crippen LogP contribution in [0.15, 0.2) is 0 Å². The van der Waals surface area contributed by atoms with Crippen LogP contribution >= 0.6 is 0 Å². The minimum Gasteiger partial charge on any atom is -0.481 e. The van der Waals surface area contributed by atoms with Gasteiger partial charge in [-0.05, 0) is 6.42 Å². The van der Waals surface area contributed by atoms with Gasteiger partial charge in [-0.3, -0.25) is 9.59 Å². The lowest BCUT2D eigenvalue weighted by Gasteiger charge is -2.08. The van der Waals surface area contributed by atoms with E-state index in [-0.39, 0.29) is 18.9 Å². The maximum absolute atomic E-state index is 11.0. The van der Waals surface area contributed by atoms with Gasteiger partial charge in [-0.1, -0.05) is 0 Å². The molecule has 0 aromatic rings. The number of carboxylic acids is 1. The van der Waals surface area contributed by atoms with Crippen LogP contribution in [-0.2, 0) is 9.59 Å². The highest BCUT2D eigenvalue weighted by Gasteiger charge is 2.09. The number of amides is 1. The third-order valence-electron chi connectivity index (χ3n) is 1.46. The molecule has 1 unspecified atom stereocenters. The summed E-state index contributed by atoms with van der Waals surface area (Å²) in [6.45, 7) is 0.406. The Bertz CT molecular complexity index is 184. The van der Waals surface area contributed by atoms with E-state index in [4.69, 9.17) is 16.6 Å². The number of hydrogen-bond donors (Lipinski definition) is 4. The second-order valence-corrected chi connectivity index (χ2v) is 2.63. The summed E-state index contributed by atoms with van der Waals surface area (Å²) in [5.74, 6) is -1.22. The van der Waals surface area contributed by atoms with Crippen LogP contribution in [0.4, 0.5) is 0 Å². The summed E-state index contributed by atoms with van der Waals surface area (Å²) in [7, 11) is 0. The molecule has 76 valence electrons. The average Bonchev–Trinajstić information content (AvgIpc) is 2.10. The van der Waals surface area contributed by atoms with Gasteiger partial charge in [-0.25, -0.2) is 0 Å². The molecule has 0 radical (unpaired) electrons. The number of carboxylic acid groups (broad SMARTS) is 1. The normalized spacial score (nSPS) is 12.2. The molecule has 0 saturated heterocycles. The van der Waals surface area contributed by atoms with E-state index in [1.54, 1.807) is 0 Å². The number of rotatable bonds is 6. The lowest BCUT2D eigenvalue weighted by atomic mass is 10.2. The van der Waals surface area contributed by atoms with Crippen LogP contribution in [0, 0.1) is 0 Å². The summed E-state index contributed by atoms with van der Waals surface area (Å²) < 4.78 is 0. The molecule has 6 N–H and O–H groups in total. The van der Waals surface area contributed by atoms with Crippen LogP contribution in [0.1, 0.15) is 12.8 Å². The van der Waals surface area contributed by atoms with Gasteiger partial charge in [0.2, 0.25) is 5.91 Å². The Hall–Kier alpha value is -1.14. The van der Waals surface area contributed by atoms with Crippen molar-refractivity contribution < 1.29 is 14.7 Å². The Morgan fingerprint density at radius 2 is 2.08 bits per heavy atom. The van der Waals surface area contributed by atoms with Crippen molar-refractivity contribution in [3.63, 3.8) is 0 Å². The van der Waals surface area contributed by atoms with Gasteiger partial charge in [0.25, 0.3) is 0 Å². The van der Waals surface area contributed by atoms with Crippen molar-refractivity contribution in [2.24, 2.45) is 11.5 Å². The van der Waals surface area contributed by atoms with Gasteiger partial charge in [0, 0.05) is 19.5 Å². The van der Waals surface area contributed by atoms with Crippen molar-refractivity contribution in [2.75, 3.05) is 13.1 Å². The van der Waals surface area contributed by atoms with Crippen LogP contribution in [0.3, 0.4) is 0 Å². The Balaban J connectivity index is 3.42. The monoisotopic (exact) mass is 189 g/mol. The first kappa shape index (κ1) is 11.9. The van der Waals surface area contributed by atoms with Gasteiger partial charge >= 0.3 is 5.97 Å². The van der Waals surface area contributed by atoms with E-state index >= 15 is 0 Å². The van der Waals surface area contributed by atoms with Gasteiger partial charge in [-0.15, -0.1) is 0 Å². The summed E-state index contributed by atoms with van der Waals surface area (Å²) in [4.78, 5) is 21.0. The quantitative estimate of drug-likeness (QED) is 0.370. The molecule has 0 aliphatic carbocycles. The molecule has 13 heavy (non-hydrogen) atoms. The molecule has 0 heterocycles. The lowest BCUT2D eigenvalue weighted by molar-refractivity contribution is -0.137. The summed E-state index contributed by atoms with van der Waals surface area (Å²) in [6, 6.07) is -0.704. The third-order valence-corrected chi connectivity index (χ3v) is 1.46. The van der Waals surface area contributed by atoms with Gasteiger partial charge in [-0.2, -0.15) is 0 Å². The average molecular weight is 189 g/mol. The number of hydrogen-bond acceptors (Lipinski definition) is 4. The zero-order valence-electron chi connectivity index (χ0n) is 7.32. The van der Waals surface area contributed by atoms with Crippen LogP contribution in [0.2, 0.25) is 0 Å². The zero-order valence-corrected chi connectivity index (χ0v) is 7.32. The Labute approximate surface area is 76.3 Å². The van der Waals surface area contributed by atoms with Gasteiger partial charge in [0.15, 0.2) is 0 Å². The molecule has 0 rings (SSSR count). The molecule has 0 fully saturated rings. The van der Waals surface area contributed by atoms with E-state index in [0.717, 1.165) is 0 Å². The van der Waals surface area contributed by atoms with E-state index in [9.17, 15) is 9.59 Å². The van der Waals surface area contributed by atoms with E-state index < -0.39 is 12.0 Å². The van der Waals surface area contributed by atoms with Crippen molar-refractivity contribution in [2.45, 2.75) is 18.9 Å². The van der Waals surface area contributed by atoms with Crippen molar-refractivity contribution in [3.05, 3.63) is 0 Å². The Morgan fingerprint density at radius 3 is 2.54 bits per heavy atom. The molecular formula is C7H15N3O3. The molecule has 6 heteroatoms. The van der Waals surface area contributed by atoms with Crippen molar-refractivity contribution >= 4 is 11.9 Å². The maximum Gasteiger partial charge on any atom is 0.303 e. The van der Waals surface area contributed by atoms with Crippen LogP contribution in [0.25, 0.3) is 0 Å². The Kier molecular flexibility index (Phi) is 5.82. The SMILES string of the molecule is NCC(N)C(=O)NCCCC(=O)O. The number of aliphatic carboxylic acids is 1. The molecule has 1 amide bonds. The first-order valence-corrected chi connectivity index (χ1v) is 4.03. The number of carbonyl (C=O) groups is 2. The van der Waals surface area contributed by atoms with Gasteiger partial charge in [0.1, 0.15) is 0 Å². The highest BCUT2D eigenvalue weighted by atomic mass is 16.4. The molecule has 0 spiro atoms. The number of nitrogens with one attached hydrogen (secondary N) is 1. The smallest absolute Gasteiger partial charge is 0.303 e. The fourth-order valence-corrected chi connectivity index (χ4v) is 0.689. The van der Waals surface area contributed by atoms with Gasteiger partial charge < -0.3 is 21.9 Å². The number of carbonyl (C=O) groups excluding carboxylic acids is 1. The molecule has 0 aliphatic heterocycles. The molecule has 0 bridgehead atoms. The summed E-state index contributed by atoms with van der Waals surface area (Å²) >= 11 is 0. The standard InChI is InChI=1S/C7H15N3O3/c8-4-5(9)7(13)10-3-1-2-6(11)12/h5H,1-4,8-9H2,(H,10,13)(H,11,12). The van der Waals surface area contributed by atoms with E-state index in [2.05, 4.69) is 5.32 Å². The van der Waals surface area contributed by atoms with Crippen molar-refractivity contribution in [3.8, 4) is 0 Å². The largest absolute Gasteiger partial charge is 0.481 e. The first-order valence-electron chi connectivity index (χ1n) is 4.03. The summed E-state index contributed by atoms with van der Waals surface area (Å²) in [6.07, 6.45) is 0.441. The second-order valence-electron chi connectivity index (χ2n) is 2.63. The molecule has 0 saturated carbocycles. The Morgan fingerprint density at radius 1 is 1.46 bits per heavy atom. The molecular weight excluding hydrogens is 174 g/mol.